The van der Waals surface area contributed by atoms with Crippen LogP contribution in [-0.2, 0) is 14.8 Å². The van der Waals surface area contributed by atoms with E-state index in [1.165, 1.54) is 12.1 Å². The zero-order chi connectivity index (χ0) is 21.6. The van der Waals surface area contributed by atoms with Gasteiger partial charge in [0.05, 0.1) is 28.3 Å². The highest BCUT2D eigenvalue weighted by atomic mass is 32.2. The van der Waals surface area contributed by atoms with Gasteiger partial charge in [-0.2, -0.15) is 5.10 Å². The van der Waals surface area contributed by atoms with Gasteiger partial charge in [-0.15, -0.1) is 0 Å². The number of carbonyl (C=O) groups excluding carboxylic acids is 2. The summed E-state index contributed by atoms with van der Waals surface area (Å²) in [6.07, 6.45) is 0. The molecule has 9 heteroatoms. The minimum absolute atomic E-state index is 0.0739. The third-order valence-corrected chi connectivity index (χ3v) is 6.82. The van der Waals surface area contributed by atoms with Crippen molar-refractivity contribution in [2.45, 2.75) is 25.7 Å². The molecule has 3 aromatic rings. The number of fused-ring (bicyclic) bond motifs is 1. The standard InChI is InChI=1S/C21H20N4O4S/c1-13-8-10-16(11-9-13)25-15(3)20(14(2)23-25)22-19(26)12-24-21(27)17-6-4-5-7-18(17)30(24,28)29/h4-11H,12H2,1-3H3,(H,22,26). The van der Waals surface area contributed by atoms with Crippen molar-refractivity contribution in [3.63, 3.8) is 0 Å². The summed E-state index contributed by atoms with van der Waals surface area (Å²) < 4.78 is 27.6. The SMILES string of the molecule is Cc1ccc(-n2nc(C)c(NC(=O)CN3C(=O)c4ccccc4S3(=O)=O)c2C)cc1. The van der Waals surface area contributed by atoms with E-state index in [0.29, 0.717) is 21.4 Å². The number of amides is 2. The van der Waals surface area contributed by atoms with Gasteiger partial charge in [0, 0.05) is 0 Å². The minimum atomic E-state index is -4.04. The lowest BCUT2D eigenvalue weighted by Crippen LogP contribution is -2.37. The van der Waals surface area contributed by atoms with Crippen LogP contribution in [0.5, 0.6) is 0 Å². The van der Waals surface area contributed by atoms with Gasteiger partial charge in [-0.05, 0) is 45.0 Å². The molecule has 2 heterocycles. The Bertz CT molecular complexity index is 1280. The van der Waals surface area contributed by atoms with Gasteiger partial charge in [0.1, 0.15) is 11.4 Å². The first-order valence-electron chi connectivity index (χ1n) is 9.29. The van der Waals surface area contributed by atoms with E-state index in [-0.39, 0.29) is 10.5 Å². The Morgan fingerprint density at radius 2 is 1.70 bits per heavy atom. The molecule has 0 bridgehead atoms. The second-order valence-corrected chi connectivity index (χ2v) is 8.99. The predicted octanol–water partition coefficient (Wildman–Crippen LogP) is 2.58. The fourth-order valence-corrected chi connectivity index (χ4v) is 4.98. The molecular weight excluding hydrogens is 404 g/mol. The lowest BCUT2D eigenvalue weighted by atomic mass is 10.2. The molecule has 0 spiro atoms. The van der Waals surface area contributed by atoms with Crippen LogP contribution < -0.4 is 5.32 Å². The number of benzene rings is 2. The highest BCUT2D eigenvalue weighted by Gasteiger charge is 2.41. The summed E-state index contributed by atoms with van der Waals surface area (Å²) in [6, 6.07) is 13.7. The number of hydrogen-bond donors (Lipinski definition) is 1. The number of anilines is 1. The Hall–Kier alpha value is -3.46. The van der Waals surface area contributed by atoms with Gasteiger partial charge < -0.3 is 5.32 Å². The number of aromatic nitrogens is 2. The molecule has 1 N–H and O–H groups in total. The first kappa shape index (κ1) is 19.8. The third-order valence-electron chi connectivity index (χ3n) is 5.03. The van der Waals surface area contributed by atoms with Crippen molar-refractivity contribution < 1.29 is 18.0 Å². The first-order valence-corrected chi connectivity index (χ1v) is 10.7. The molecule has 30 heavy (non-hydrogen) atoms. The fraction of sp³-hybridized carbons (Fsp3) is 0.190. The number of rotatable bonds is 4. The number of sulfonamides is 1. The maximum Gasteiger partial charge on any atom is 0.269 e. The number of hydrogen-bond acceptors (Lipinski definition) is 5. The van der Waals surface area contributed by atoms with Gasteiger partial charge in [-0.25, -0.2) is 17.4 Å². The van der Waals surface area contributed by atoms with Gasteiger partial charge in [-0.1, -0.05) is 29.8 Å². The second-order valence-electron chi connectivity index (χ2n) is 7.15. The highest BCUT2D eigenvalue weighted by molar-refractivity contribution is 7.90. The van der Waals surface area contributed by atoms with Gasteiger partial charge >= 0.3 is 0 Å². The second kappa shape index (κ2) is 7.10. The minimum Gasteiger partial charge on any atom is -0.321 e. The average molecular weight is 424 g/mol. The largest absolute Gasteiger partial charge is 0.321 e. The van der Waals surface area contributed by atoms with Crippen LogP contribution in [-0.4, -0.2) is 40.9 Å². The molecule has 0 fully saturated rings. The number of aryl methyl sites for hydroxylation is 2. The van der Waals surface area contributed by atoms with Crippen molar-refractivity contribution in [1.82, 2.24) is 14.1 Å². The van der Waals surface area contributed by atoms with E-state index in [2.05, 4.69) is 10.4 Å². The molecule has 1 aromatic heterocycles. The Labute approximate surface area is 174 Å². The molecule has 1 aliphatic heterocycles. The van der Waals surface area contributed by atoms with E-state index in [1.807, 2.05) is 38.1 Å². The van der Waals surface area contributed by atoms with Crippen LogP contribution in [0.25, 0.3) is 5.69 Å². The molecule has 4 rings (SSSR count). The van der Waals surface area contributed by atoms with Crippen molar-refractivity contribution in [2.75, 3.05) is 11.9 Å². The Morgan fingerprint density at radius 3 is 2.37 bits per heavy atom. The maximum atomic E-state index is 12.6. The van der Waals surface area contributed by atoms with Gasteiger partial charge in [-0.3, -0.25) is 9.59 Å². The number of carbonyl (C=O) groups is 2. The van der Waals surface area contributed by atoms with Crippen molar-refractivity contribution in [1.29, 1.82) is 0 Å². The van der Waals surface area contributed by atoms with Crippen molar-refractivity contribution in [3.05, 3.63) is 71.0 Å². The van der Waals surface area contributed by atoms with Gasteiger partial charge in [0.2, 0.25) is 5.91 Å². The summed E-state index contributed by atoms with van der Waals surface area (Å²) in [5, 5.41) is 7.19. The third kappa shape index (κ3) is 3.17. The average Bonchev–Trinajstić information content (AvgIpc) is 3.09. The Kier molecular flexibility index (Phi) is 4.70. The summed E-state index contributed by atoms with van der Waals surface area (Å²) in [7, 11) is -4.04. The summed E-state index contributed by atoms with van der Waals surface area (Å²) >= 11 is 0. The van der Waals surface area contributed by atoms with Crippen molar-refractivity contribution in [3.8, 4) is 5.69 Å². The predicted molar refractivity (Wildman–Crippen MR) is 111 cm³/mol. The summed E-state index contributed by atoms with van der Waals surface area (Å²) in [4.78, 5) is 25.1. The fourth-order valence-electron chi connectivity index (χ4n) is 3.46. The first-order chi connectivity index (χ1) is 14.2. The molecule has 2 amide bonds. The van der Waals surface area contributed by atoms with Crippen LogP contribution in [0.15, 0.2) is 53.4 Å². The van der Waals surface area contributed by atoms with Crippen LogP contribution in [0.3, 0.4) is 0 Å². The quantitative estimate of drug-likeness (QED) is 0.694. The van der Waals surface area contributed by atoms with Crippen LogP contribution in [0.2, 0.25) is 0 Å². The molecule has 0 aliphatic carbocycles. The lowest BCUT2D eigenvalue weighted by molar-refractivity contribution is -0.116. The molecule has 0 saturated heterocycles. The van der Waals surface area contributed by atoms with E-state index >= 15 is 0 Å². The zero-order valence-electron chi connectivity index (χ0n) is 16.7. The molecule has 0 atom stereocenters. The molecule has 0 radical (unpaired) electrons. The molecule has 154 valence electrons. The highest BCUT2D eigenvalue weighted by Crippen LogP contribution is 2.30. The van der Waals surface area contributed by atoms with Crippen LogP contribution in [0, 0.1) is 20.8 Å². The normalized spacial score (nSPS) is 14.6. The van der Waals surface area contributed by atoms with Gasteiger partial charge in [0.15, 0.2) is 0 Å². The maximum absolute atomic E-state index is 12.6. The van der Waals surface area contributed by atoms with E-state index in [1.54, 1.807) is 23.7 Å². The van der Waals surface area contributed by atoms with Crippen LogP contribution in [0.4, 0.5) is 5.69 Å². The van der Waals surface area contributed by atoms with Crippen molar-refractivity contribution in [2.24, 2.45) is 0 Å². The van der Waals surface area contributed by atoms with Crippen LogP contribution >= 0.6 is 0 Å². The number of nitrogens with zero attached hydrogens (tertiary/aromatic N) is 3. The van der Waals surface area contributed by atoms with E-state index < -0.39 is 28.4 Å². The zero-order valence-corrected chi connectivity index (χ0v) is 17.5. The van der Waals surface area contributed by atoms with E-state index in [4.69, 9.17) is 0 Å². The smallest absolute Gasteiger partial charge is 0.269 e. The Balaban J connectivity index is 1.57. The van der Waals surface area contributed by atoms with Crippen molar-refractivity contribution >= 4 is 27.5 Å². The monoisotopic (exact) mass is 424 g/mol. The summed E-state index contributed by atoms with van der Waals surface area (Å²) in [6.45, 7) is 4.94. The molecule has 2 aromatic carbocycles. The van der Waals surface area contributed by atoms with E-state index in [9.17, 15) is 18.0 Å². The molecule has 0 unspecified atom stereocenters. The molecule has 1 aliphatic rings. The Morgan fingerprint density at radius 1 is 1.03 bits per heavy atom. The molecule has 8 nitrogen and oxygen atoms in total. The van der Waals surface area contributed by atoms with Gasteiger partial charge in [0.25, 0.3) is 15.9 Å². The topological polar surface area (TPSA) is 101 Å². The van der Waals surface area contributed by atoms with E-state index in [0.717, 1.165) is 11.3 Å². The number of nitrogens with one attached hydrogen (secondary N) is 1. The molecule has 0 saturated carbocycles. The molecular formula is C21H20N4O4S. The van der Waals surface area contributed by atoms with Crippen LogP contribution in [0.1, 0.15) is 27.3 Å². The summed E-state index contributed by atoms with van der Waals surface area (Å²) in [5.41, 5.74) is 3.80. The lowest BCUT2D eigenvalue weighted by Gasteiger charge is -2.15. The summed E-state index contributed by atoms with van der Waals surface area (Å²) in [5.74, 6) is -1.32.